The first kappa shape index (κ1) is 11.6. The quantitative estimate of drug-likeness (QED) is 0.791. The molecular weight excluding hydrogens is 198 g/mol. The van der Waals surface area contributed by atoms with E-state index in [4.69, 9.17) is 10.5 Å². The van der Waals surface area contributed by atoms with Gasteiger partial charge in [0.05, 0.1) is 0 Å². The molecule has 2 heteroatoms. The molecule has 1 aromatic carbocycles. The molecule has 0 aliphatic heterocycles. The first-order valence-electron chi connectivity index (χ1n) is 6.19. The van der Waals surface area contributed by atoms with Gasteiger partial charge in [0, 0.05) is 7.11 Å². The predicted octanol–water partition coefficient (Wildman–Crippen LogP) is 3.34. The molecule has 1 aliphatic rings. The molecule has 0 saturated heterocycles. The normalized spacial score (nSPS) is 19.6. The summed E-state index contributed by atoms with van der Waals surface area (Å²) >= 11 is 0. The molecule has 1 aromatic rings. The Bertz CT molecular complexity index is 314. The molecule has 2 rings (SSSR count). The molecule has 88 valence electrons. The van der Waals surface area contributed by atoms with Gasteiger partial charge in [-0.05, 0) is 29.9 Å². The first-order valence-corrected chi connectivity index (χ1v) is 6.19. The molecule has 1 atom stereocenters. The molecule has 1 aliphatic carbocycles. The third kappa shape index (κ3) is 2.63. The summed E-state index contributed by atoms with van der Waals surface area (Å²) in [6.07, 6.45) is 6.56. The minimum Gasteiger partial charge on any atom is -0.363 e. The summed E-state index contributed by atoms with van der Waals surface area (Å²) in [5.41, 5.74) is 8.32. The zero-order valence-electron chi connectivity index (χ0n) is 9.99. The van der Waals surface area contributed by atoms with Crippen LogP contribution in [0.2, 0.25) is 0 Å². The monoisotopic (exact) mass is 219 g/mol. The van der Waals surface area contributed by atoms with Crippen LogP contribution in [0.15, 0.2) is 24.3 Å². The van der Waals surface area contributed by atoms with Crippen molar-refractivity contribution < 1.29 is 4.74 Å². The van der Waals surface area contributed by atoms with Crippen molar-refractivity contribution >= 4 is 0 Å². The lowest BCUT2D eigenvalue weighted by atomic mass is 9.84. The maximum atomic E-state index is 5.80. The molecule has 0 aromatic heterocycles. The Morgan fingerprint density at radius 1 is 1.12 bits per heavy atom. The molecule has 1 saturated carbocycles. The van der Waals surface area contributed by atoms with Crippen molar-refractivity contribution in [1.29, 1.82) is 0 Å². The minimum absolute atomic E-state index is 0.291. The predicted molar refractivity (Wildman–Crippen MR) is 66.2 cm³/mol. The van der Waals surface area contributed by atoms with Gasteiger partial charge in [-0.1, -0.05) is 43.5 Å². The minimum atomic E-state index is -0.291. The highest BCUT2D eigenvalue weighted by Crippen LogP contribution is 2.32. The third-order valence-corrected chi connectivity index (χ3v) is 3.60. The number of methoxy groups -OCH3 is 1. The number of rotatable bonds is 3. The van der Waals surface area contributed by atoms with Gasteiger partial charge in [0.25, 0.3) is 0 Å². The van der Waals surface area contributed by atoms with Gasteiger partial charge in [0.15, 0.2) is 0 Å². The number of nitrogens with two attached hydrogens (primary N) is 1. The fourth-order valence-electron chi connectivity index (χ4n) is 2.53. The third-order valence-electron chi connectivity index (χ3n) is 3.60. The van der Waals surface area contributed by atoms with Crippen molar-refractivity contribution in [2.24, 2.45) is 5.73 Å². The number of hydrogen-bond donors (Lipinski definition) is 1. The van der Waals surface area contributed by atoms with Crippen molar-refractivity contribution in [2.45, 2.75) is 44.2 Å². The SMILES string of the molecule is COC(N)c1ccc(C2CCCCC2)cc1. The maximum Gasteiger partial charge on any atom is 0.131 e. The van der Waals surface area contributed by atoms with Crippen LogP contribution in [0.5, 0.6) is 0 Å². The lowest BCUT2D eigenvalue weighted by Gasteiger charge is -2.22. The van der Waals surface area contributed by atoms with E-state index in [1.165, 1.54) is 37.7 Å². The lowest BCUT2D eigenvalue weighted by Crippen LogP contribution is -2.12. The number of benzene rings is 1. The van der Waals surface area contributed by atoms with E-state index >= 15 is 0 Å². The summed E-state index contributed by atoms with van der Waals surface area (Å²) in [5, 5.41) is 0. The zero-order chi connectivity index (χ0) is 11.4. The molecular formula is C14H21NO. The first-order chi connectivity index (χ1) is 7.81. The van der Waals surface area contributed by atoms with Crippen LogP contribution in [0.25, 0.3) is 0 Å². The van der Waals surface area contributed by atoms with Crippen LogP contribution in [-0.4, -0.2) is 7.11 Å². The Kier molecular flexibility index (Phi) is 3.97. The highest BCUT2D eigenvalue weighted by molar-refractivity contribution is 5.26. The summed E-state index contributed by atoms with van der Waals surface area (Å²) < 4.78 is 5.10. The van der Waals surface area contributed by atoms with E-state index in [0.717, 1.165) is 11.5 Å². The molecule has 2 nitrogen and oxygen atoms in total. The maximum absolute atomic E-state index is 5.80. The standard InChI is InChI=1S/C14H21NO/c1-16-14(15)13-9-7-12(8-10-13)11-5-3-2-4-6-11/h7-11,14H,2-6,15H2,1H3. The van der Waals surface area contributed by atoms with Gasteiger partial charge in [0.2, 0.25) is 0 Å². The molecule has 2 N–H and O–H groups in total. The molecule has 1 unspecified atom stereocenters. The van der Waals surface area contributed by atoms with Gasteiger partial charge in [-0.2, -0.15) is 0 Å². The highest BCUT2D eigenvalue weighted by Gasteiger charge is 2.15. The van der Waals surface area contributed by atoms with E-state index in [1.807, 2.05) is 0 Å². The van der Waals surface area contributed by atoms with Crippen LogP contribution in [-0.2, 0) is 4.74 Å². The van der Waals surface area contributed by atoms with E-state index in [1.54, 1.807) is 7.11 Å². The Morgan fingerprint density at radius 3 is 2.31 bits per heavy atom. The molecule has 0 heterocycles. The zero-order valence-corrected chi connectivity index (χ0v) is 9.99. The Hall–Kier alpha value is -0.860. The van der Waals surface area contributed by atoms with Crippen molar-refractivity contribution in [3.63, 3.8) is 0 Å². The van der Waals surface area contributed by atoms with Gasteiger partial charge in [0.1, 0.15) is 6.23 Å². The largest absolute Gasteiger partial charge is 0.363 e. The fourth-order valence-corrected chi connectivity index (χ4v) is 2.53. The van der Waals surface area contributed by atoms with E-state index in [9.17, 15) is 0 Å². The van der Waals surface area contributed by atoms with E-state index in [-0.39, 0.29) is 6.23 Å². The topological polar surface area (TPSA) is 35.2 Å². The van der Waals surface area contributed by atoms with Crippen molar-refractivity contribution in [2.75, 3.05) is 7.11 Å². The molecule has 1 fully saturated rings. The summed E-state index contributed by atoms with van der Waals surface area (Å²) in [5.74, 6) is 0.765. The van der Waals surface area contributed by atoms with Gasteiger partial charge in [-0.15, -0.1) is 0 Å². The summed E-state index contributed by atoms with van der Waals surface area (Å²) in [6, 6.07) is 8.62. The summed E-state index contributed by atoms with van der Waals surface area (Å²) in [6.45, 7) is 0. The molecule has 16 heavy (non-hydrogen) atoms. The average Bonchev–Trinajstić information content (AvgIpc) is 2.39. The Balaban J connectivity index is 2.06. The van der Waals surface area contributed by atoms with Crippen molar-refractivity contribution in [3.8, 4) is 0 Å². The Morgan fingerprint density at radius 2 is 1.75 bits per heavy atom. The fraction of sp³-hybridized carbons (Fsp3) is 0.571. The lowest BCUT2D eigenvalue weighted by molar-refractivity contribution is 0.109. The molecule has 0 bridgehead atoms. The van der Waals surface area contributed by atoms with Crippen LogP contribution in [0.3, 0.4) is 0 Å². The molecule has 0 spiro atoms. The van der Waals surface area contributed by atoms with Gasteiger partial charge >= 0.3 is 0 Å². The van der Waals surface area contributed by atoms with E-state index in [2.05, 4.69) is 24.3 Å². The van der Waals surface area contributed by atoms with Crippen molar-refractivity contribution in [1.82, 2.24) is 0 Å². The molecule has 0 amide bonds. The van der Waals surface area contributed by atoms with Gasteiger partial charge in [-0.25, -0.2) is 0 Å². The van der Waals surface area contributed by atoms with Crippen LogP contribution in [0.4, 0.5) is 0 Å². The van der Waals surface area contributed by atoms with E-state index in [0.29, 0.717) is 0 Å². The van der Waals surface area contributed by atoms with Crippen LogP contribution >= 0.6 is 0 Å². The second-order valence-corrected chi connectivity index (χ2v) is 4.66. The Labute approximate surface area is 97.8 Å². The molecule has 0 radical (unpaired) electrons. The summed E-state index contributed by atoms with van der Waals surface area (Å²) in [4.78, 5) is 0. The second kappa shape index (κ2) is 5.46. The van der Waals surface area contributed by atoms with Gasteiger partial charge < -0.3 is 10.5 Å². The van der Waals surface area contributed by atoms with Crippen LogP contribution in [0.1, 0.15) is 55.4 Å². The van der Waals surface area contributed by atoms with Gasteiger partial charge in [-0.3, -0.25) is 0 Å². The smallest absolute Gasteiger partial charge is 0.131 e. The number of ether oxygens (including phenoxy) is 1. The number of hydrogen-bond acceptors (Lipinski definition) is 2. The summed E-state index contributed by atoms with van der Waals surface area (Å²) in [7, 11) is 1.64. The van der Waals surface area contributed by atoms with Crippen molar-refractivity contribution in [3.05, 3.63) is 35.4 Å². The van der Waals surface area contributed by atoms with Crippen LogP contribution < -0.4 is 5.73 Å². The van der Waals surface area contributed by atoms with Crippen LogP contribution in [0, 0.1) is 0 Å². The highest BCUT2D eigenvalue weighted by atomic mass is 16.5. The second-order valence-electron chi connectivity index (χ2n) is 4.66. The average molecular weight is 219 g/mol. The van der Waals surface area contributed by atoms with E-state index < -0.39 is 0 Å².